The molecule has 0 aromatic carbocycles. The lowest BCUT2D eigenvalue weighted by Crippen LogP contribution is -2.47. The zero-order valence-corrected chi connectivity index (χ0v) is 10.9. The third kappa shape index (κ3) is 4.91. The SMILES string of the molecule is COCC(C)NC(=O)NC1CCC(C(=O)O)CC1. The third-order valence-electron chi connectivity index (χ3n) is 3.21. The monoisotopic (exact) mass is 258 g/mol. The molecule has 0 aromatic rings. The minimum Gasteiger partial charge on any atom is -0.481 e. The molecule has 0 aliphatic heterocycles. The van der Waals surface area contributed by atoms with Crippen molar-refractivity contribution in [3.8, 4) is 0 Å². The van der Waals surface area contributed by atoms with Gasteiger partial charge in [-0.2, -0.15) is 0 Å². The highest BCUT2D eigenvalue weighted by atomic mass is 16.5. The molecule has 0 radical (unpaired) electrons. The number of hydrogen-bond acceptors (Lipinski definition) is 3. The van der Waals surface area contributed by atoms with Crippen LogP contribution in [0.25, 0.3) is 0 Å². The molecule has 0 spiro atoms. The molecule has 0 aromatic heterocycles. The first-order chi connectivity index (χ1) is 8.52. The lowest BCUT2D eigenvalue weighted by molar-refractivity contribution is -0.142. The van der Waals surface area contributed by atoms with Crippen molar-refractivity contribution in [2.45, 2.75) is 44.7 Å². The molecule has 2 amide bonds. The molecule has 1 unspecified atom stereocenters. The number of urea groups is 1. The summed E-state index contributed by atoms with van der Waals surface area (Å²) in [6, 6.07) is -0.168. The number of rotatable bonds is 5. The van der Waals surface area contributed by atoms with Gasteiger partial charge in [0.25, 0.3) is 0 Å². The number of methoxy groups -OCH3 is 1. The number of carbonyl (C=O) groups excluding carboxylic acids is 1. The number of carbonyl (C=O) groups is 2. The van der Waals surface area contributed by atoms with Crippen LogP contribution in [0.1, 0.15) is 32.6 Å². The Morgan fingerprint density at radius 3 is 2.44 bits per heavy atom. The van der Waals surface area contributed by atoms with Gasteiger partial charge in [-0.25, -0.2) is 4.79 Å². The average molecular weight is 258 g/mol. The largest absolute Gasteiger partial charge is 0.481 e. The van der Waals surface area contributed by atoms with Gasteiger partial charge in [0.15, 0.2) is 0 Å². The fourth-order valence-electron chi connectivity index (χ4n) is 2.23. The van der Waals surface area contributed by atoms with Crippen LogP contribution in [0.5, 0.6) is 0 Å². The Morgan fingerprint density at radius 2 is 1.94 bits per heavy atom. The van der Waals surface area contributed by atoms with Gasteiger partial charge in [0.1, 0.15) is 0 Å². The van der Waals surface area contributed by atoms with Crippen LogP contribution in [0, 0.1) is 5.92 Å². The fraction of sp³-hybridized carbons (Fsp3) is 0.833. The van der Waals surface area contributed by atoms with E-state index in [0.717, 1.165) is 12.8 Å². The van der Waals surface area contributed by atoms with Crippen LogP contribution in [0.2, 0.25) is 0 Å². The third-order valence-corrected chi connectivity index (χ3v) is 3.21. The Balaban J connectivity index is 2.24. The van der Waals surface area contributed by atoms with Crippen molar-refractivity contribution in [2.75, 3.05) is 13.7 Å². The quantitative estimate of drug-likeness (QED) is 0.685. The molecule has 1 fully saturated rings. The molecule has 1 saturated carbocycles. The topological polar surface area (TPSA) is 87.7 Å². The number of hydrogen-bond donors (Lipinski definition) is 3. The zero-order chi connectivity index (χ0) is 13.5. The normalized spacial score (nSPS) is 25.2. The van der Waals surface area contributed by atoms with E-state index in [0.29, 0.717) is 19.4 Å². The summed E-state index contributed by atoms with van der Waals surface area (Å²) in [5.41, 5.74) is 0. The Kier molecular flexibility index (Phi) is 5.91. The van der Waals surface area contributed by atoms with E-state index in [9.17, 15) is 9.59 Å². The second kappa shape index (κ2) is 7.20. The summed E-state index contributed by atoms with van der Waals surface area (Å²) in [6.07, 6.45) is 2.72. The van der Waals surface area contributed by atoms with Crippen LogP contribution in [0.4, 0.5) is 4.79 Å². The van der Waals surface area contributed by atoms with E-state index >= 15 is 0 Å². The van der Waals surface area contributed by atoms with Crippen molar-refractivity contribution >= 4 is 12.0 Å². The van der Waals surface area contributed by atoms with Crippen molar-refractivity contribution < 1.29 is 19.4 Å². The molecule has 6 heteroatoms. The maximum absolute atomic E-state index is 11.6. The summed E-state index contributed by atoms with van der Waals surface area (Å²) >= 11 is 0. The smallest absolute Gasteiger partial charge is 0.315 e. The number of carboxylic acid groups (broad SMARTS) is 1. The maximum Gasteiger partial charge on any atom is 0.315 e. The molecule has 3 N–H and O–H groups in total. The zero-order valence-electron chi connectivity index (χ0n) is 10.9. The summed E-state index contributed by atoms with van der Waals surface area (Å²) in [5.74, 6) is -0.981. The molecule has 1 atom stereocenters. The highest BCUT2D eigenvalue weighted by Crippen LogP contribution is 2.24. The first-order valence-electron chi connectivity index (χ1n) is 6.31. The van der Waals surface area contributed by atoms with Gasteiger partial charge in [0.2, 0.25) is 0 Å². The summed E-state index contributed by atoms with van der Waals surface area (Å²) in [7, 11) is 1.59. The van der Waals surface area contributed by atoms with Gasteiger partial charge < -0.3 is 20.5 Å². The lowest BCUT2D eigenvalue weighted by atomic mass is 9.86. The van der Waals surface area contributed by atoms with Gasteiger partial charge in [0, 0.05) is 13.2 Å². The molecular weight excluding hydrogens is 236 g/mol. The van der Waals surface area contributed by atoms with Gasteiger partial charge in [-0.3, -0.25) is 4.79 Å². The lowest BCUT2D eigenvalue weighted by Gasteiger charge is -2.27. The summed E-state index contributed by atoms with van der Waals surface area (Å²) in [6.45, 7) is 2.34. The summed E-state index contributed by atoms with van der Waals surface area (Å²) in [4.78, 5) is 22.4. The molecule has 0 saturated heterocycles. The summed E-state index contributed by atoms with van der Waals surface area (Å²) in [5, 5.41) is 14.5. The molecule has 0 heterocycles. The van der Waals surface area contributed by atoms with Gasteiger partial charge in [0.05, 0.1) is 18.6 Å². The number of aliphatic carboxylic acids is 1. The number of carboxylic acids is 1. The average Bonchev–Trinajstić information content (AvgIpc) is 2.29. The highest BCUT2D eigenvalue weighted by molar-refractivity contribution is 5.74. The first-order valence-corrected chi connectivity index (χ1v) is 6.31. The van der Waals surface area contributed by atoms with Crippen molar-refractivity contribution in [1.82, 2.24) is 10.6 Å². The Bertz CT molecular complexity index is 288. The Hall–Kier alpha value is -1.30. The van der Waals surface area contributed by atoms with Gasteiger partial charge in [-0.15, -0.1) is 0 Å². The Morgan fingerprint density at radius 1 is 1.33 bits per heavy atom. The molecule has 1 aliphatic rings. The van der Waals surface area contributed by atoms with Gasteiger partial charge in [-0.1, -0.05) is 0 Å². The van der Waals surface area contributed by atoms with Crippen LogP contribution in [-0.2, 0) is 9.53 Å². The van der Waals surface area contributed by atoms with Crippen LogP contribution < -0.4 is 10.6 Å². The van der Waals surface area contributed by atoms with Crippen molar-refractivity contribution in [3.63, 3.8) is 0 Å². The van der Waals surface area contributed by atoms with Crippen LogP contribution in [0.15, 0.2) is 0 Å². The first kappa shape index (κ1) is 14.8. The van der Waals surface area contributed by atoms with E-state index in [1.54, 1.807) is 7.11 Å². The minimum absolute atomic E-state index is 0.0367. The van der Waals surface area contributed by atoms with E-state index in [-0.39, 0.29) is 24.0 Å². The second-order valence-corrected chi connectivity index (χ2v) is 4.86. The number of amides is 2. The highest BCUT2D eigenvalue weighted by Gasteiger charge is 2.26. The van der Waals surface area contributed by atoms with Crippen LogP contribution in [0.3, 0.4) is 0 Å². The van der Waals surface area contributed by atoms with Crippen molar-refractivity contribution in [2.24, 2.45) is 5.92 Å². The van der Waals surface area contributed by atoms with E-state index in [1.807, 2.05) is 6.92 Å². The predicted octanol–water partition coefficient (Wildman–Crippen LogP) is 0.964. The van der Waals surface area contributed by atoms with Crippen LogP contribution in [-0.4, -0.2) is 42.9 Å². The minimum atomic E-state index is -0.730. The Labute approximate surface area is 107 Å². The fourth-order valence-corrected chi connectivity index (χ4v) is 2.23. The van der Waals surface area contributed by atoms with E-state index < -0.39 is 5.97 Å². The second-order valence-electron chi connectivity index (χ2n) is 4.86. The summed E-state index contributed by atoms with van der Waals surface area (Å²) < 4.78 is 4.93. The standard InChI is InChI=1S/C12H22N2O4/c1-8(7-18-2)13-12(17)14-10-5-3-9(4-6-10)11(15)16/h8-10H,3-7H2,1-2H3,(H,15,16)(H2,13,14,17). The van der Waals surface area contributed by atoms with E-state index in [2.05, 4.69) is 10.6 Å². The van der Waals surface area contributed by atoms with Crippen molar-refractivity contribution in [1.29, 1.82) is 0 Å². The molecule has 0 bridgehead atoms. The van der Waals surface area contributed by atoms with Gasteiger partial charge >= 0.3 is 12.0 Å². The molecular formula is C12H22N2O4. The van der Waals surface area contributed by atoms with E-state index in [4.69, 9.17) is 9.84 Å². The van der Waals surface area contributed by atoms with Crippen LogP contribution >= 0.6 is 0 Å². The molecule has 18 heavy (non-hydrogen) atoms. The van der Waals surface area contributed by atoms with E-state index in [1.165, 1.54) is 0 Å². The molecule has 1 aliphatic carbocycles. The molecule has 104 valence electrons. The number of nitrogens with one attached hydrogen (secondary N) is 2. The van der Waals surface area contributed by atoms with Gasteiger partial charge in [-0.05, 0) is 32.6 Å². The molecule has 1 rings (SSSR count). The maximum atomic E-state index is 11.6. The van der Waals surface area contributed by atoms with Crippen molar-refractivity contribution in [3.05, 3.63) is 0 Å². The number of ether oxygens (including phenoxy) is 1. The predicted molar refractivity (Wildman–Crippen MR) is 66.4 cm³/mol. The molecule has 6 nitrogen and oxygen atoms in total.